The molecule has 23 heavy (non-hydrogen) atoms. The molecule has 0 aromatic heterocycles. The summed E-state index contributed by atoms with van der Waals surface area (Å²) in [7, 11) is 0. The summed E-state index contributed by atoms with van der Waals surface area (Å²) in [5.74, 6) is -0.401. The van der Waals surface area contributed by atoms with Gasteiger partial charge in [-0.25, -0.2) is 4.79 Å². The fraction of sp³-hybridized carbons (Fsp3) is 0.600. The third kappa shape index (κ3) is 6.74. The quantitative estimate of drug-likeness (QED) is 0.512. The van der Waals surface area contributed by atoms with E-state index in [1.54, 1.807) is 6.07 Å². The smallest absolute Gasteiger partial charge is 0.292 e. The summed E-state index contributed by atoms with van der Waals surface area (Å²) in [5, 5.41) is 0. The minimum atomic E-state index is -0.401. The van der Waals surface area contributed by atoms with Crippen molar-refractivity contribution in [1.29, 1.82) is 0 Å². The van der Waals surface area contributed by atoms with Crippen molar-refractivity contribution in [3.8, 4) is 0 Å². The van der Waals surface area contributed by atoms with Gasteiger partial charge in [-0.2, -0.15) is 4.89 Å². The molecule has 0 N–H and O–H groups in total. The van der Waals surface area contributed by atoms with Crippen LogP contribution in [0.1, 0.15) is 86.6 Å². The molecule has 3 nitrogen and oxygen atoms in total. The summed E-state index contributed by atoms with van der Waals surface area (Å²) in [4.78, 5) is 22.6. The van der Waals surface area contributed by atoms with Crippen LogP contribution in [0.4, 0.5) is 0 Å². The Hall–Kier alpha value is -1.35. The molecule has 2 rings (SSSR count). The molecule has 0 bridgehead atoms. The summed E-state index contributed by atoms with van der Waals surface area (Å²) in [5.41, 5.74) is 1.48. The minimum Gasteiger partial charge on any atom is -0.292 e. The normalized spacial score (nSPS) is 18.7. The lowest BCUT2D eigenvalue weighted by Gasteiger charge is -2.16. The number of carbonyl (C=O) groups excluding carboxylic acids is 1. The van der Waals surface area contributed by atoms with E-state index in [4.69, 9.17) is 9.78 Å². The zero-order valence-electron chi connectivity index (χ0n) is 14.3. The highest BCUT2D eigenvalue weighted by Crippen LogP contribution is 2.24. The summed E-state index contributed by atoms with van der Waals surface area (Å²) < 4.78 is 0. The Labute approximate surface area is 140 Å². The van der Waals surface area contributed by atoms with E-state index in [-0.39, 0.29) is 0 Å². The van der Waals surface area contributed by atoms with Gasteiger partial charge in [0.05, 0.1) is 5.56 Å². The first-order valence-corrected chi connectivity index (χ1v) is 9.06. The second kappa shape index (κ2) is 10.4. The van der Waals surface area contributed by atoms with Crippen LogP contribution in [0.3, 0.4) is 0 Å². The lowest BCUT2D eigenvalue weighted by molar-refractivity contribution is -0.237. The predicted molar refractivity (Wildman–Crippen MR) is 91.7 cm³/mol. The molecule has 1 aliphatic rings. The van der Waals surface area contributed by atoms with Crippen molar-refractivity contribution < 1.29 is 14.6 Å². The van der Waals surface area contributed by atoms with Gasteiger partial charge in [-0.05, 0) is 31.4 Å². The van der Waals surface area contributed by atoms with Gasteiger partial charge in [0.15, 0.2) is 0 Å². The van der Waals surface area contributed by atoms with E-state index in [0.717, 1.165) is 37.4 Å². The maximum atomic E-state index is 12.1. The number of benzene rings is 1. The summed E-state index contributed by atoms with van der Waals surface area (Å²) in [6.45, 7) is 1.90. The van der Waals surface area contributed by atoms with Crippen molar-refractivity contribution in [3.05, 3.63) is 41.5 Å². The minimum absolute atomic E-state index is 0.401. The largest absolute Gasteiger partial charge is 0.373 e. The Morgan fingerprint density at radius 1 is 0.826 bits per heavy atom. The molecule has 0 amide bonds. The van der Waals surface area contributed by atoms with Gasteiger partial charge in [-0.3, -0.25) is 4.89 Å². The molecule has 1 aromatic carbocycles. The molecule has 1 aliphatic carbocycles. The second-order valence-corrected chi connectivity index (χ2v) is 6.49. The van der Waals surface area contributed by atoms with Crippen LogP contribution >= 0.6 is 0 Å². The van der Waals surface area contributed by atoms with Crippen LogP contribution in [-0.2, 0) is 9.78 Å². The van der Waals surface area contributed by atoms with E-state index < -0.39 is 5.97 Å². The first kappa shape index (κ1) is 18.0. The maximum Gasteiger partial charge on any atom is 0.373 e. The van der Waals surface area contributed by atoms with Crippen molar-refractivity contribution in [2.45, 2.75) is 77.6 Å². The van der Waals surface area contributed by atoms with E-state index in [2.05, 4.69) is 0 Å². The van der Waals surface area contributed by atoms with Gasteiger partial charge in [0, 0.05) is 0 Å². The Morgan fingerprint density at radius 3 is 1.91 bits per heavy atom. The summed E-state index contributed by atoms with van der Waals surface area (Å²) in [6.07, 6.45) is 14.1. The lowest BCUT2D eigenvalue weighted by atomic mass is 9.99. The van der Waals surface area contributed by atoms with E-state index in [1.807, 2.05) is 25.1 Å². The first-order valence-electron chi connectivity index (χ1n) is 9.06. The number of hydrogen-bond acceptors (Lipinski definition) is 3. The fourth-order valence-electron chi connectivity index (χ4n) is 3.03. The molecular weight excluding hydrogens is 288 g/mol. The van der Waals surface area contributed by atoms with Crippen LogP contribution in [-0.4, -0.2) is 5.97 Å². The Balaban J connectivity index is 1.81. The average molecular weight is 317 g/mol. The highest BCUT2D eigenvalue weighted by molar-refractivity contribution is 5.90. The molecule has 0 atom stereocenters. The van der Waals surface area contributed by atoms with Gasteiger partial charge >= 0.3 is 5.97 Å². The summed E-state index contributed by atoms with van der Waals surface area (Å²) in [6, 6.07) is 7.42. The molecular formula is C20H29O3. The van der Waals surface area contributed by atoms with Crippen molar-refractivity contribution in [2.75, 3.05) is 0 Å². The molecule has 0 aliphatic heterocycles. The highest BCUT2D eigenvalue weighted by Gasteiger charge is 2.17. The van der Waals surface area contributed by atoms with Crippen molar-refractivity contribution in [2.24, 2.45) is 0 Å². The highest BCUT2D eigenvalue weighted by atomic mass is 17.2. The van der Waals surface area contributed by atoms with E-state index in [0.29, 0.717) is 5.56 Å². The van der Waals surface area contributed by atoms with Gasteiger partial charge in [-0.1, -0.05) is 76.0 Å². The van der Waals surface area contributed by atoms with E-state index >= 15 is 0 Å². The number of rotatable bonds is 3. The van der Waals surface area contributed by atoms with Crippen LogP contribution in [0.5, 0.6) is 0 Å². The average Bonchev–Trinajstić information content (AvgIpc) is 2.54. The summed E-state index contributed by atoms with van der Waals surface area (Å²) >= 11 is 0. The molecule has 0 heterocycles. The zero-order chi connectivity index (χ0) is 16.3. The van der Waals surface area contributed by atoms with Crippen LogP contribution in [0.25, 0.3) is 0 Å². The predicted octanol–water partition coefficient (Wildman–Crippen LogP) is 5.92. The Kier molecular flexibility index (Phi) is 8.16. The van der Waals surface area contributed by atoms with Gasteiger partial charge in [-0.15, -0.1) is 0 Å². The number of carbonyl (C=O) groups is 1. The molecule has 1 aromatic rings. The van der Waals surface area contributed by atoms with Crippen LogP contribution in [0, 0.1) is 13.0 Å². The lowest BCUT2D eigenvalue weighted by Crippen LogP contribution is -2.12. The standard InChI is InChI=1S/C20H29O3/c1-17-13-11-12-16-19(17)20(21)23-22-18-14-9-7-5-3-2-4-6-8-10-15-18/h11-13,16H,2-10,14-15H2,1H3. The molecule has 0 spiro atoms. The fourth-order valence-corrected chi connectivity index (χ4v) is 3.03. The first-order chi connectivity index (χ1) is 11.3. The molecule has 1 radical (unpaired) electrons. The van der Waals surface area contributed by atoms with E-state index in [9.17, 15) is 4.79 Å². The van der Waals surface area contributed by atoms with Crippen LogP contribution < -0.4 is 0 Å². The molecule has 1 saturated carbocycles. The van der Waals surface area contributed by atoms with Crippen molar-refractivity contribution in [3.63, 3.8) is 0 Å². The van der Waals surface area contributed by atoms with Crippen molar-refractivity contribution in [1.82, 2.24) is 0 Å². The molecule has 127 valence electrons. The van der Waals surface area contributed by atoms with Gasteiger partial charge in [0.25, 0.3) is 0 Å². The Bertz CT molecular complexity index is 458. The SMILES string of the molecule is Cc1ccccc1C(=O)OO[C]1CCCCCCCCCCC1. The third-order valence-electron chi connectivity index (χ3n) is 4.51. The van der Waals surface area contributed by atoms with E-state index in [1.165, 1.54) is 44.9 Å². The number of hydrogen-bond donors (Lipinski definition) is 0. The molecule has 0 unspecified atom stereocenters. The van der Waals surface area contributed by atoms with Gasteiger partial charge < -0.3 is 0 Å². The molecule has 0 saturated heterocycles. The van der Waals surface area contributed by atoms with Gasteiger partial charge in [0.1, 0.15) is 6.10 Å². The maximum absolute atomic E-state index is 12.1. The Morgan fingerprint density at radius 2 is 1.35 bits per heavy atom. The molecule has 1 fully saturated rings. The second-order valence-electron chi connectivity index (χ2n) is 6.49. The number of aryl methyl sites for hydroxylation is 1. The third-order valence-corrected chi connectivity index (χ3v) is 4.51. The topological polar surface area (TPSA) is 35.5 Å². The van der Waals surface area contributed by atoms with Crippen LogP contribution in [0.2, 0.25) is 0 Å². The zero-order valence-corrected chi connectivity index (χ0v) is 14.3. The molecule has 3 heteroatoms. The monoisotopic (exact) mass is 317 g/mol. The van der Waals surface area contributed by atoms with Crippen LogP contribution in [0.15, 0.2) is 24.3 Å². The van der Waals surface area contributed by atoms with Crippen molar-refractivity contribution >= 4 is 5.97 Å². The van der Waals surface area contributed by atoms with Gasteiger partial charge in [0.2, 0.25) is 0 Å².